The first-order chi connectivity index (χ1) is 8.38. The molecule has 0 amide bonds. The zero-order chi connectivity index (χ0) is 11.9. The molecule has 0 saturated carbocycles. The van der Waals surface area contributed by atoms with Gasteiger partial charge in [0.1, 0.15) is 5.01 Å². The molecule has 0 radical (unpaired) electrons. The SMILES string of the molecule is CCCCCc1nnc(Nc2ccccc2)s1. The number of rotatable bonds is 6. The highest BCUT2D eigenvalue weighted by molar-refractivity contribution is 7.15. The Morgan fingerprint density at radius 3 is 2.71 bits per heavy atom. The third kappa shape index (κ3) is 3.82. The lowest BCUT2D eigenvalue weighted by Gasteiger charge is -1.99. The van der Waals surface area contributed by atoms with E-state index in [0.717, 1.165) is 22.2 Å². The van der Waals surface area contributed by atoms with Gasteiger partial charge in [0.05, 0.1) is 0 Å². The summed E-state index contributed by atoms with van der Waals surface area (Å²) in [5, 5.41) is 13.6. The van der Waals surface area contributed by atoms with Crippen molar-refractivity contribution in [2.45, 2.75) is 32.6 Å². The second-order valence-electron chi connectivity index (χ2n) is 3.95. The van der Waals surface area contributed by atoms with E-state index in [-0.39, 0.29) is 0 Å². The van der Waals surface area contributed by atoms with Gasteiger partial charge in [0.25, 0.3) is 0 Å². The molecular formula is C13H17N3S. The Bertz CT molecular complexity index is 439. The van der Waals surface area contributed by atoms with E-state index in [1.54, 1.807) is 11.3 Å². The number of para-hydroxylation sites is 1. The molecule has 17 heavy (non-hydrogen) atoms. The van der Waals surface area contributed by atoms with Crippen LogP contribution in [0.2, 0.25) is 0 Å². The Kier molecular flexibility index (Phi) is 4.50. The van der Waals surface area contributed by atoms with E-state index in [2.05, 4.69) is 22.4 Å². The van der Waals surface area contributed by atoms with Gasteiger partial charge in [0, 0.05) is 12.1 Å². The molecule has 0 aliphatic carbocycles. The van der Waals surface area contributed by atoms with Crippen molar-refractivity contribution in [3.8, 4) is 0 Å². The van der Waals surface area contributed by atoms with Crippen LogP contribution in [0.15, 0.2) is 30.3 Å². The lowest BCUT2D eigenvalue weighted by atomic mass is 10.2. The zero-order valence-electron chi connectivity index (χ0n) is 10.0. The summed E-state index contributed by atoms with van der Waals surface area (Å²) in [5.41, 5.74) is 1.06. The number of aryl methyl sites for hydroxylation is 1. The third-order valence-electron chi connectivity index (χ3n) is 2.49. The second-order valence-corrected chi connectivity index (χ2v) is 5.01. The molecule has 2 aromatic rings. The number of aromatic nitrogens is 2. The Hall–Kier alpha value is -1.42. The van der Waals surface area contributed by atoms with Crippen LogP contribution in [0.4, 0.5) is 10.8 Å². The molecule has 1 aromatic carbocycles. The van der Waals surface area contributed by atoms with Crippen LogP contribution in [-0.2, 0) is 6.42 Å². The number of benzene rings is 1. The first-order valence-electron chi connectivity index (χ1n) is 6.03. The van der Waals surface area contributed by atoms with Crippen LogP contribution in [0, 0.1) is 0 Å². The predicted octanol–water partition coefficient (Wildman–Crippen LogP) is 4.01. The number of unbranched alkanes of at least 4 members (excludes halogenated alkanes) is 2. The summed E-state index contributed by atoms with van der Waals surface area (Å²) in [5.74, 6) is 0. The quantitative estimate of drug-likeness (QED) is 0.784. The maximum atomic E-state index is 4.19. The molecule has 3 nitrogen and oxygen atoms in total. The summed E-state index contributed by atoms with van der Waals surface area (Å²) < 4.78 is 0. The fraction of sp³-hybridized carbons (Fsp3) is 0.385. The molecule has 90 valence electrons. The highest BCUT2D eigenvalue weighted by atomic mass is 32.1. The molecule has 0 unspecified atom stereocenters. The minimum Gasteiger partial charge on any atom is -0.330 e. The maximum Gasteiger partial charge on any atom is 0.210 e. The van der Waals surface area contributed by atoms with Gasteiger partial charge in [-0.05, 0) is 18.6 Å². The van der Waals surface area contributed by atoms with E-state index in [1.165, 1.54) is 19.3 Å². The van der Waals surface area contributed by atoms with E-state index < -0.39 is 0 Å². The zero-order valence-corrected chi connectivity index (χ0v) is 10.8. The van der Waals surface area contributed by atoms with Crippen molar-refractivity contribution in [2.75, 3.05) is 5.32 Å². The fourth-order valence-corrected chi connectivity index (χ4v) is 2.38. The van der Waals surface area contributed by atoms with Gasteiger partial charge in [-0.1, -0.05) is 49.3 Å². The van der Waals surface area contributed by atoms with Gasteiger partial charge in [-0.3, -0.25) is 0 Å². The van der Waals surface area contributed by atoms with Crippen LogP contribution in [0.1, 0.15) is 31.2 Å². The number of nitrogens with zero attached hydrogens (tertiary/aromatic N) is 2. The van der Waals surface area contributed by atoms with Crippen molar-refractivity contribution in [2.24, 2.45) is 0 Å². The van der Waals surface area contributed by atoms with E-state index in [9.17, 15) is 0 Å². The van der Waals surface area contributed by atoms with Crippen molar-refractivity contribution in [1.82, 2.24) is 10.2 Å². The minimum absolute atomic E-state index is 0.877. The summed E-state index contributed by atoms with van der Waals surface area (Å²) in [7, 11) is 0. The average Bonchev–Trinajstić information content (AvgIpc) is 2.79. The van der Waals surface area contributed by atoms with Crippen molar-refractivity contribution in [3.05, 3.63) is 35.3 Å². The highest BCUT2D eigenvalue weighted by Crippen LogP contribution is 2.21. The maximum absolute atomic E-state index is 4.19. The van der Waals surface area contributed by atoms with Crippen molar-refractivity contribution < 1.29 is 0 Å². The fourth-order valence-electron chi connectivity index (χ4n) is 1.58. The number of hydrogen-bond donors (Lipinski definition) is 1. The summed E-state index contributed by atoms with van der Waals surface area (Å²) >= 11 is 1.64. The molecule has 4 heteroatoms. The van der Waals surface area contributed by atoms with Crippen LogP contribution in [0.25, 0.3) is 0 Å². The van der Waals surface area contributed by atoms with Crippen LogP contribution >= 0.6 is 11.3 Å². The first kappa shape index (κ1) is 12.0. The van der Waals surface area contributed by atoms with Gasteiger partial charge in [-0.2, -0.15) is 0 Å². The smallest absolute Gasteiger partial charge is 0.210 e. The summed E-state index contributed by atoms with van der Waals surface area (Å²) in [6.45, 7) is 2.21. The van der Waals surface area contributed by atoms with E-state index in [4.69, 9.17) is 0 Å². The average molecular weight is 247 g/mol. The van der Waals surface area contributed by atoms with Crippen molar-refractivity contribution in [3.63, 3.8) is 0 Å². The normalized spacial score (nSPS) is 10.4. The summed E-state index contributed by atoms with van der Waals surface area (Å²) in [4.78, 5) is 0. The van der Waals surface area contributed by atoms with E-state index >= 15 is 0 Å². The molecule has 0 aliphatic heterocycles. The Balaban J connectivity index is 1.90. The molecule has 0 atom stereocenters. The largest absolute Gasteiger partial charge is 0.330 e. The monoisotopic (exact) mass is 247 g/mol. The lowest BCUT2D eigenvalue weighted by Crippen LogP contribution is -1.88. The van der Waals surface area contributed by atoms with Gasteiger partial charge < -0.3 is 5.32 Å². The Morgan fingerprint density at radius 2 is 1.94 bits per heavy atom. The van der Waals surface area contributed by atoms with Gasteiger partial charge in [-0.15, -0.1) is 10.2 Å². The number of anilines is 2. The van der Waals surface area contributed by atoms with Gasteiger partial charge in [-0.25, -0.2) is 0 Å². The van der Waals surface area contributed by atoms with Crippen LogP contribution in [-0.4, -0.2) is 10.2 Å². The van der Waals surface area contributed by atoms with Crippen LogP contribution < -0.4 is 5.32 Å². The molecule has 1 heterocycles. The molecule has 0 bridgehead atoms. The summed E-state index contributed by atoms with van der Waals surface area (Å²) in [6, 6.07) is 10.1. The molecule has 0 aliphatic rings. The first-order valence-corrected chi connectivity index (χ1v) is 6.84. The minimum atomic E-state index is 0.877. The van der Waals surface area contributed by atoms with Crippen molar-refractivity contribution in [1.29, 1.82) is 0 Å². The molecule has 1 aromatic heterocycles. The van der Waals surface area contributed by atoms with E-state index in [1.807, 2.05) is 30.3 Å². The second kappa shape index (κ2) is 6.35. The Labute approximate surface area is 106 Å². The highest BCUT2D eigenvalue weighted by Gasteiger charge is 2.03. The van der Waals surface area contributed by atoms with Gasteiger partial charge in [0.15, 0.2) is 0 Å². The molecule has 0 fully saturated rings. The van der Waals surface area contributed by atoms with Crippen LogP contribution in [0.5, 0.6) is 0 Å². The Morgan fingerprint density at radius 1 is 1.12 bits per heavy atom. The van der Waals surface area contributed by atoms with E-state index in [0.29, 0.717) is 0 Å². The lowest BCUT2D eigenvalue weighted by molar-refractivity contribution is 0.710. The number of hydrogen-bond acceptors (Lipinski definition) is 4. The summed E-state index contributed by atoms with van der Waals surface area (Å²) in [6.07, 6.45) is 4.76. The van der Waals surface area contributed by atoms with Crippen LogP contribution in [0.3, 0.4) is 0 Å². The molecule has 2 rings (SSSR count). The standard InChI is InChI=1S/C13H17N3S/c1-2-3-5-10-12-15-16-13(17-12)14-11-8-6-4-7-9-11/h4,6-9H,2-3,5,10H2,1H3,(H,14,16). The molecular weight excluding hydrogens is 230 g/mol. The van der Waals surface area contributed by atoms with Crippen molar-refractivity contribution >= 4 is 22.2 Å². The van der Waals surface area contributed by atoms with Gasteiger partial charge in [0.2, 0.25) is 5.13 Å². The van der Waals surface area contributed by atoms with Gasteiger partial charge >= 0.3 is 0 Å². The molecule has 1 N–H and O–H groups in total. The predicted molar refractivity (Wildman–Crippen MR) is 72.9 cm³/mol. The molecule has 0 spiro atoms. The molecule has 0 saturated heterocycles. The topological polar surface area (TPSA) is 37.8 Å². The third-order valence-corrected chi connectivity index (χ3v) is 3.38. The number of nitrogens with one attached hydrogen (secondary N) is 1.